The molecular formula is C8H20N5O4P. The van der Waals surface area contributed by atoms with Crippen LogP contribution in [-0.2, 0) is 9.36 Å². The molecule has 1 unspecified atom stereocenters. The number of nitrogens with two attached hydrogens (primary N) is 2. The van der Waals surface area contributed by atoms with Gasteiger partial charge in [0, 0.05) is 13.1 Å². The fraction of sp³-hybridized carbons (Fsp3) is 0.750. The molecular weight excluding hydrogens is 261 g/mol. The molecule has 0 fully saturated rings. The van der Waals surface area contributed by atoms with Gasteiger partial charge in [0.15, 0.2) is 5.96 Å². The molecule has 1 amide bonds. The van der Waals surface area contributed by atoms with Crippen LogP contribution in [0.2, 0.25) is 0 Å². The highest BCUT2D eigenvalue weighted by molar-refractivity contribution is 7.51. The predicted molar refractivity (Wildman–Crippen MR) is 67.0 cm³/mol. The Morgan fingerprint density at radius 2 is 1.94 bits per heavy atom. The first-order valence-corrected chi connectivity index (χ1v) is 7.17. The Morgan fingerprint density at radius 1 is 1.33 bits per heavy atom. The summed E-state index contributed by atoms with van der Waals surface area (Å²) in [6.45, 7) is 0.442. The molecule has 0 aromatic heterocycles. The van der Waals surface area contributed by atoms with E-state index < -0.39 is 19.5 Å². The van der Waals surface area contributed by atoms with Crippen molar-refractivity contribution in [1.29, 1.82) is 5.41 Å². The Bertz CT molecular complexity index is 331. The third-order valence-electron chi connectivity index (χ3n) is 2.12. The minimum Gasteiger partial charge on any atom is -0.370 e. The summed E-state index contributed by atoms with van der Waals surface area (Å²) in [5.41, 5.74) is 10.2. The van der Waals surface area contributed by atoms with Gasteiger partial charge in [-0.2, -0.15) is 0 Å². The van der Waals surface area contributed by atoms with Crippen molar-refractivity contribution in [3.63, 3.8) is 0 Å². The Kier molecular flexibility index (Phi) is 7.53. The van der Waals surface area contributed by atoms with Crippen LogP contribution in [0.25, 0.3) is 0 Å². The van der Waals surface area contributed by atoms with Crippen molar-refractivity contribution in [2.45, 2.75) is 18.9 Å². The van der Waals surface area contributed by atoms with Crippen molar-refractivity contribution < 1.29 is 19.1 Å². The van der Waals surface area contributed by atoms with Crippen LogP contribution in [0.4, 0.5) is 0 Å². The summed E-state index contributed by atoms with van der Waals surface area (Å²) in [4.78, 5) is 28.4. The molecule has 0 aromatic carbocycles. The molecule has 9 nitrogen and oxygen atoms in total. The van der Waals surface area contributed by atoms with Gasteiger partial charge in [-0.1, -0.05) is 0 Å². The van der Waals surface area contributed by atoms with Crippen molar-refractivity contribution in [2.24, 2.45) is 11.5 Å². The number of guanidine groups is 1. The minimum atomic E-state index is -4.07. The first-order chi connectivity index (χ1) is 8.22. The van der Waals surface area contributed by atoms with Crippen LogP contribution < -0.4 is 22.1 Å². The van der Waals surface area contributed by atoms with Gasteiger partial charge in [0.2, 0.25) is 5.91 Å². The molecule has 1 atom stereocenters. The summed E-state index contributed by atoms with van der Waals surface area (Å²) in [5, 5.41) is 12.2. The number of carbonyl (C=O) groups excluding carboxylic acids is 1. The lowest BCUT2D eigenvalue weighted by atomic mass is 10.1. The molecule has 0 heterocycles. The normalized spacial score (nSPS) is 13.0. The molecule has 106 valence electrons. The van der Waals surface area contributed by atoms with Crippen molar-refractivity contribution in [1.82, 2.24) is 10.6 Å². The lowest BCUT2D eigenvalue weighted by molar-refractivity contribution is -0.120. The van der Waals surface area contributed by atoms with Crippen LogP contribution in [-0.4, -0.2) is 46.9 Å². The first kappa shape index (κ1) is 16.9. The number of hydrogen-bond donors (Lipinski definition) is 7. The van der Waals surface area contributed by atoms with E-state index in [9.17, 15) is 9.36 Å². The van der Waals surface area contributed by atoms with E-state index in [0.29, 0.717) is 19.4 Å². The van der Waals surface area contributed by atoms with Gasteiger partial charge in [-0.15, -0.1) is 0 Å². The van der Waals surface area contributed by atoms with Crippen LogP contribution in [0.5, 0.6) is 0 Å². The Labute approximate surface area is 105 Å². The maximum atomic E-state index is 11.1. The summed E-state index contributed by atoms with van der Waals surface area (Å²) >= 11 is 0. The van der Waals surface area contributed by atoms with Gasteiger partial charge < -0.3 is 31.9 Å². The summed E-state index contributed by atoms with van der Waals surface area (Å²) in [5.74, 6) is -0.733. The van der Waals surface area contributed by atoms with Crippen LogP contribution in [0, 0.1) is 5.41 Å². The fourth-order valence-electron chi connectivity index (χ4n) is 1.26. The lowest BCUT2D eigenvalue weighted by Crippen LogP contribution is -2.43. The van der Waals surface area contributed by atoms with Gasteiger partial charge in [0.1, 0.15) is 0 Å². The topological polar surface area (TPSA) is 175 Å². The quantitative estimate of drug-likeness (QED) is 0.109. The second-order valence-corrected chi connectivity index (χ2v) is 5.56. The van der Waals surface area contributed by atoms with E-state index in [4.69, 9.17) is 26.7 Å². The maximum Gasteiger partial charge on any atom is 0.326 e. The average Bonchev–Trinajstić information content (AvgIpc) is 2.19. The molecule has 0 aliphatic heterocycles. The largest absolute Gasteiger partial charge is 0.370 e. The van der Waals surface area contributed by atoms with Crippen LogP contribution >= 0.6 is 7.60 Å². The van der Waals surface area contributed by atoms with E-state index >= 15 is 0 Å². The number of hydrogen-bond acceptors (Lipinski definition) is 4. The van der Waals surface area contributed by atoms with Crippen molar-refractivity contribution >= 4 is 19.5 Å². The van der Waals surface area contributed by atoms with Gasteiger partial charge >= 0.3 is 7.60 Å². The molecule has 0 saturated heterocycles. The van der Waals surface area contributed by atoms with E-state index in [2.05, 4.69) is 10.6 Å². The van der Waals surface area contributed by atoms with Crippen LogP contribution in [0.3, 0.4) is 0 Å². The van der Waals surface area contributed by atoms with Crippen LogP contribution in [0.15, 0.2) is 0 Å². The highest BCUT2D eigenvalue weighted by Crippen LogP contribution is 2.32. The molecule has 0 bridgehead atoms. The van der Waals surface area contributed by atoms with Crippen molar-refractivity contribution in [3.05, 3.63) is 0 Å². The molecule has 9 N–H and O–H groups in total. The molecule has 0 spiro atoms. The highest BCUT2D eigenvalue weighted by Gasteiger charge is 2.17. The zero-order chi connectivity index (χ0) is 14.2. The molecule has 0 rings (SSSR count). The zero-order valence-corrected chi connectivity index (χ0v) is 10.8. The van der Waals surface area contributed by atoms with Crippen LogP contribution in [0.1, 0.15) is 12.8 Å². The predicted octanol–water partition coefficient (Wildman–Crippen LogP) is -2.13. The molecule has 10 heteroatoms. The average molecular weight is 281 g/mol. The Morgan fingerprint density at radius 3 is 2.39 bits per heavy atom. The monoisotopic (exact) mass is 281 g/mol. The highest BCUT2D eigenvalue weighted by atomic mass is 31.2. The zero-order valence-electron chi connectivity index (χ0n) is 9.93. The van der Waals surface area contributed by atoms with E-state index in [1.807, 2.05) is 0 Å². The summed E-state index contributed by atoms with van der Waals surface area (Å²) in [6.07, 6.45) is 0.606. The third kappa shape index (κ3) is 10.0. The molecule has 0 aromatic rings. The molecule has 18 heavy (non-hydrogen) atoms. The summed E-state index contributed by atoms with van der Waals surface area (Å²) in [7, 11) is -4.07. The lowest BCUT2D eigenvalue weighted by Gasteiger charge is -2.15. The number of amides is 1. The first-order valence-electron chi connectivity index (χ1n) is 5.37. The molecule has 0 radical (unpaired) electrons. The van der Waals surface area contributed by atoms with E-state index in [-0.39, 0.29) is 18.7 Å². The third-order valence-corrected chi connectivity index (χ3v) is 2.93. The summed E-state index contributed by atoms with van der Waals surface area (Å²) < 4.78 is 10.6. The van der Waals surface area contributed by atoms with Crippen molar-refractivity contribution in [3.8, 4) is 0 Å². The minimum absolute atomic E-state index is 0.0119. The van der Waals surface area contributed by atoms with E-state index in [1.54, 1.807) is 0 Å². The number of primary amides is 1. The fourth-order valence-corrected chi connectivity index (χ4v) is 1.68. The van der Waals surface area contributed by atoms with Gasteiger partial charge in [0.25, 0.3) is 0 Å². The van der Waals surface area contributed by atoms with Gasteiger partial charge in [0.05, 0.1) is 12.2 Å². The summed E-state index contributed by atoms with van der Waals surface area (Å²) in [6, 6.07) is -0.648. The second kappa shape index (κ2) is 8.04. The SMILES string of the molecule is N=C(N)NCCCC(NCCP(=O)(O)O)C(N)=O. The second-order valence-electron chi connectivity index (χ2n) is 3.78. The smallest absolute Gasteiger partial charge is 0.326 e. The molecule has 0 aliphatic carbocycles. The number of carbonyl (C=O) groups is 1. The van der Waals surface area contributed by atoms with Crippen molar-refractivity contribution in [2.75, 3.05) is 19.3 Å². The maximum absolute atomic E-state index is 11.1. The molecule has 0 saturated carbocycles. The van der Waals surface area contributed by atoms with E-state index in [1.165, 1.54) is 0 Å². The molecule has 0 aliphatic rings. The van der Waals surface area contributed by atoms with E-state index in [0.717, 1.165) is 0 Å². The number of rotatable bonds is 9. The van der Waals surface area contributed by atoms with Gasteiger partial charge in [-0.05, 0) is 12.8 Å². The van der Waals surface area contributed by atoms with Gasteiger partial charge in [-0.3, -0.25) is 14.8 Å². The van der Waals surface area contributed by atoms with Gasteiger partial charge in [-0.25, -0.2) is 0 Å². The Hall–Kier alpha value is -1.15. The standard InChI is InChI=1S/C8H20N5O4P/c9-7(14)6(2-1-3-13-8(10)11)12-4-5-18(15,16)17/h6,12H,1-5H2,(H2,9,14)(H4,10,11,13)(H2,15,16,17). The number of nitrogens with one attached hydrogen (secondary N) is 3. The Balaban J connectivity index is 3.90.